The molecule has 0 aromatic heterocycles. The molecule has 2 aromatic carbocycles. The third-order valence-corrected chi connectivity index (χ3v) is 3.45. The molecule has 0 amide bonds. The Labute approximate surface area is 124 Å². The summed E-state index contributed by atoms with van der Waals surface area (Å²) in [5.41, 5.74) is 8.66. The Bertz CT molecular complexity index is 582. The average molecular weight is 293 g/mol. The molecule has 0 radical (unpaired) electrons. The van der Waals surface area contributed by atoms with Crippen LogP contribution in [0.2, 0.25) is 5.02 Å². The summed E-state index contributed by atoms with van der Waals surface area (Å²) < 4.78 is 12.9. The van der Waals surface area contributed by atoms with E-state index in [1.165, 1.54) is 12.1 Å². The highest BCUT2D eigenvalue weighted by molar-refractivity contribution is 6.33. The van der Waals surface area contributed by atoms with Gasteiger partial charge in [-0.25, -0.2) is 4.39 Å². The molecule has 1 atom stereocenters. The highest BCUT2D eigenvalue weighted by Gasteiger charge is 2.09. The van der Waals surface area contributed by atoms with E-state index in [0.717, 1.165) is 23.4 Å². The molecule has 1 unspecified atom stereocenters. The van der Waals surface area contributed by atoms with Gasteiger partial charge in [-0.05, 0) is 55.3 Å². The molecule has 0 aliphatic carbocycles. The average Bonchev–Trinajstić information content (AvgIpc) is 2.38. The molecule has 106 valence electrons. The third-order valence-electron chi connectivity index (χ3n) is 3.15. The number of hydrogen-bond donors (Lipinski definition) is 1. The van der Waals surface area contributed by atoms with Gasteiger partial charge < -0.3 is 10.6 Å². The third kappa shape index (κ3) is 3.50. The summed E-state index contributed by atoms with van der Waals surface area (Å²) in [6.07, 6.45) is 0.792. The van der Waals surface area contributed by atoms with Gasteiger partial charge in [0.05, 0.1) is 10.7 Å². The fraction of sp³-hybridized carbons (Fsp3) is 0.250. The minimum atomic E-state index is -0.250. The maximum atomic E-state index is 12.9. The summed E-state index contributed by atoms with van der Waals surface area (Å²) in [4.78, 5) is 1.93. The number of hydrogen-bond acceptors (Lipinski definition) is 2. The standard InChI is InChI=1S/C16H18ClFN2/c1-11(19)9-12-3-8-16(15(17)10-12)20(2)14-6-4-13(18)5-7-14/h3-8,10-11H,9,19H2,1-2H3. The van der Waals surface area contributed by atoms with E-state index >= 15 is 0 Å². The fourth-order valence-corrected chi connectivity index (χ4v) is 2.45. The maximum Gasteiger partial charge on any atom is 0.123 e. The Morgan fingerprint density at radius 3 is 2.40 bits per heavy atom. The number of rotatable bonds is 4. The Morgan fingerprint density at radius 1 is 1.20 bits per heavy atom. The number of nitrogens with zero attached hydrogens (tertiary/aromatic N) is 1. The molecule has 2 rings (SSSR count). The fourth-order valence-electron chi connectivity index (χ4n) is 2.12. The minimum absolute atomic E-state index is 0.103. The molecule has 0 saturated carbocycles. The van der Waals surface area contributed by atoms with Crippen molar-refractivity contribution in [1.29, 1.82) is 0 Å². The lowest BCUT2D eigenvalue weighted by atomic mass is 10.1. The molecule has 0 aliphatic heterocycles. The van der Waals surface area contributed by atoms with Crippen LogP contribution in [-0.2, 0) is 6.42 Å². The number of nitrogens with two attached hydrogens (primary N) is 1. The predicted octanol–water partition coefficient (Wildman–Crippen LogP) is 4.14. The molecule has 0 bridgehead atoms. The summed E-state index contributed by atoms with van der Waals surface area (Å²) in [5.74, 6) is -0.250. The van der Waals surface area contributed by atoms with Gasteiger partial charge in [0, 0.05) is 18.8 Å². The topological polar surface area (TPSA) is 29.3 Å². The summed E-state index contributed by atoms with van der Waals surface area (Å²) in [6, 6.07) is 12.3. The van der Waals surface area contributed by atoms with Gasteiger partial charge in [-0.15, -0.1) is 0 Å². The largest absolute Gasteiger partial charge is 0.343 e. The van der Waals surface area contributed by atoms with Crippen LogP contribution in [0.4, 0.5) is 15.8 Å². The molecule has 0 spiro atoms. The number of anilines is 2. The van der Waals surface area contributed by atoms with E-state index in [2.05, 4.69) is 0 Å². The van der Waals surface area contributed by atoms with Crippen LogP contribution in [-0.4, -0.2) is 13.1 Å². The van der Waals surface area contributed by atoms with Crippen LogP contribution in [0.15, 0.2) is 42.5 Å². The summed E-state index contributed by atoms with van der Waals surface area (Å²) in [7, 11) is 1.90. The molecule has 2 N–H and O–H groups in total. The van der Waals surface area contributed by atoms with E-state index in [1.807, 2.05) is 37.1 Å². The van der Waals surface area contributed by atoms with Crippen LogP contribution < -0.4 is 10.6 Å². The van der Waals surface area contributed by atoms with E-state index < -0.39 is 0 Å². The molecule has 4 heteroatoms. The second-order valence-electron chi connectivity index (χ2n) is 5.00. The first-order valence-electron chi connectivity index (χ1n) is 6.50. The van der Waals surface area contributed by atoms with Gasteiger partial charge in [0.25, 0.3) is 0 Å². The van der Waals surface area contributed by atoms with E-state index in [4.69, 9.17) is 17.3 Å². The molecule has 0 fully saturated rings. The first-order valence-corrected chi connectivity index (χ1v) is 6.88. The lowest BCUT2D eigenvalue weighted by molar-refractivity contribution is 0.628. The highest BCUT2D eigenvalue weighted by Crippen LogP contribution is 2.31. The van der Waals surface area contributed by atoms with Crippen LogP contribution in [0.1, 0.15) is 12.5 Å². The zero-order chi connectivity index (χ0) is 14.7. The van der Waals surface area contributed by atoms with Gasteiger partial charge in [0.2, 0.25) is 0 Å². The molecule has 20 heavy (non-hydrogen) atoms. The van der Waals surface area contributed by atoms with Crippen molar-refractivity contribution in [2.75, 3.05) is 11.9 Å². The normalized spacial score (nSPS) is 12.2. The molecule has 2 nitrogen and oxygen atoms in total. The van der Waals surface area contributed by atoms with Gasteiger partial charge in [-0.1, -0.05) is 17.7 Å². The van der Waals surface area contributed by atoms with Crippen LogP contribution in [0.5, 0.6) is 0 Å². The van der Waals surface area contributed by atoms with Crippen molar-refractivity contribution in [3.8, 4) is 0 Å². The van der Waals surface area contributed by atoms with Gasteiger partial charge in [-0.3, -0.25) is 0 Å². The van der Waals surface area contributed by atoms with E-state index in [1.54, 1.807) is 12.1 Å². The molecular weight excluding hydrogens is 275 g/mol. The van der Waals surface area contributed by atoms with Crippen LogP contribution >= 0.6 is 11.6 Å². The highest BCUT2D eigenvalue weighted by atomic mass is 35.5. The lowest BCUT2D eigenvalue weighted by Crippen LogP contribution is -2.18. The molecular formula is C16H18ClFN2. The lowest BCUT2D eigenvalue weighted by Gasteiger charge is -2.21. The van der Waals surface area contributed by atoms with Gasteiger partial charge in [-0.2, -0.15) is 0 Å². The first kappa shape index (κ1) is 14.8. The van der Waals surface area contributed by atoms with Crippen molar-refractivity contribution >= 4 is 23.0 Å². The van der Waals surface area contributed by atoms with Crippen LogP contribution in [0.3, 0.4) is 0 Å². The SMILES string of the molecule is CC(N)Cc1ccc(N(C)c2ccc(F)cc2)c(Cl)c1. The second kappa shape index (κ2) is 6.25. The Balaban J connectivity index is 2.26. The second-order valence-corrected chi connectivity index (χ2v) is 5.41. The summed E-state index contributed by atoms with van der Waals surface area (Å²) in [5, 5.41) is 0.662. The van der Waals surface area contributed by atoms with Gasteiger partial charge in [0.15, 0.2) is 0 Å². The van der Waals surface area contributed by atoms with Crippen molar-refractivity contribution in [1.82, 2.24) is 0 Å². The number of benzene rings is 2. The van der Waals surface area contributed by atoms with E-state index in [0.29, 0.717) is 5.02 Å². The van der Waals surface area contributed by atoms with E-state index in [9.17, 15) is 4.39 Å². The van der Waals surface area contributed by atoms with Crippen LogP contribution in [0.25, 0.3) is 0 Å². The maximum absolute atomic E-state index is 12.9. The first-order chi connectivity index (χ1) is 9.47. The molecule has 0 saturated heterocycles. The predicted molar refractivity (Wildman–Crippen MR) is 83.3 cm³/mol. The smallest absolute Gasteiger partial charge is 0.123 e. The zero-order valence-corrected chi connectivity index (χ0v) is 12.4. The van der Waals surface area contributed by atoms with Crippen molar-refractivity contribution in [2.24, 2.45) is 5.73 Å². The van der Waals surface area contributed by atoms with Crippen molar-refractivity contribution in [3.05, 3.63) is 58.9 Å². The molecule has 2 aromatic rings. The van der Waals surface area contributed by atoms with Gasteiger partial charge in [0.1, 0.15) is 5.82 Å². The Kier molecular flexibility index (Phi) is 4.63. The van der Waals surface area contributed by atoms with Gasteiger partial charge >= 0.3 is 0 Å². The number of halogens is 2. The van der Waals surface area contributed by atoms with Crippen molar-refractivity contribution in [2.45, 2.75) is 19.4 Å². The Hall–Kier alpha value is -1.58. The quantitative estimate of drug-likeness (QED) is 0.918. The van der Waals surface area contributed by atoms with Crippen molar-refractivity contribution < 1.29 is 4.39 Å². The molecule has 0 aliphatic rings. The van der Waals surface area contributed by atoms with Crippen LogP contribution in [0, 0.1) is 5.82 Å². The van der Waals surface area contributed by atoms with E-state index in [-0.39, 0.29) is 11.9 Å². The summed E-state index contributed by atoms with van der Waals surface area (Å²) in [6.45, 7) is 1.96. The Morgan fingerprint density at radius 2 is 1.85 bits per heavy atom. The monoisotopic (exact) mass is 292 g/mol. The van der Waals surface area contributed by atoms with Crippen molar-refractivity contribution in [3.63, 3.8) is 0 Å². The zero-order valence-electron chi connectivity index (χ0n) is 11.6. The summed E-state index contributed by atoms with van der Waals surface area (Å²) >= 11 is 6.33. The molecule has 0 heterocycles. The minimum Gasteiger partial charge on any atom is -0.343 e.